The Morgan fingerprint density at radius 1 is 1.03 bits per heavy atom. The van der Waals surface area contributed by atoms with Crippen molar-refractivity contribution in [3.8, 4) is 5.75 Å². The number of fused-ring (bicyclic) bond motifs is 1. The fourth-order valence-corrected chi connectivity index (χ4v) is 6.27. The SMILES string of the molecule is COCOc1ccc(F)cc1[C@@H](N[S+]([O-])C(C)(C)C)c1cc2ccccc2n1S(=O)(=O)c1ccccc1. The van der Waals surface area contributed by atoms with Crippen LogP contribution in [-0.2, 0) is 26.1 Å². The summed E-state index contributed by atoms with van der Waals surface area (Å²) >= 11 is -1.66. The summed E-state index contributed by atoms with van der Waals surface area (Å²) < 4.78 is 70.3. The maximum Gasteiger partial charge on any atom is 0.268 e. The maximum absolute atomic E-state index is 14.6. The van der Waals surface area contributed by atoms with Gasteiger partial charge in [-0.3, -0.25) is 0 Å². The van der Waals surface area contributed by atoms with E-state index in [1.807, 2.05) is 0 Å². The minimum atomic E-state index is -4.10. The molecule has 1 aromatic heterocycles. The molecule has 0 spiro atoms. The first kappa shape index (κ1) is 27.2. The summed E-state index contributed by atoms with van der Waals surface area (Å²) in [7, 11) is -2.64. The lowest BCUT2D eigenvalue weighted by Crippen LogP contribution is -2.42. The minimum absolute atomic E-state index is 0.0865. The van der Waals surface area contributed by atoms with Gasteiger partial charge in [0.15, 0.2) is 6.79 Å². The molecule has 1 unspecified atom stereocenters. The zero-order valence-corrected chi connectivity index (χ0v) is 22.6. The summed E-state index contributed by atoms with van der Waals surface area (Å²) in [4.78, 5) is 0.0865. The Balaban J connectivity index is 2.02. The highest BCUT2D eigenvalue weighted by Crippen LogP contribution is 2.37. The van der Waals surface area contributed by atoms with E-state index in [-0.39, 0.29) is 28.7 Å². The van der Waals surface area contributed by atoms with Crippen molar-refractivity contribution in [3.63, 3.8) is 0 Å². The van der Waals surface area contributed by atoms with Gasteiger partial charge < -0.3 is 14.0 Å². The summed E-state index contributed by atoms with van der Waals surface area (Å²) in [6, 6.07) is 19.7. The molecule has 4 aromatic rings. The number of ether oxygens (including phenoxy) is 2. The van der Waals surface area contributed by atoms with Crippen LogP contribution in [0.3, 0.4) is 0 Å². The van der Waals surface area contributed by atoms with Crippen molar-refractivity contribution in [3.05, 3.63) is 95.9 Å². The average molecular weight is 545 g/mol. The zero-order valence-electron chi connectivity index (χ0n) is 21.0. The average Bonchev–Trinajstić information content (AvgIpc) is 3.26. The van der Waals surface area contributed by atoms with Gasteiger partial charge in [0.2, 0.25) is 0 Å². The van der Waals surface area contributed by atoms with Crippen LogP contribution in [0, 0.1) is 5.82 Å². The molecule has 0 bridgehead atoms. The Bertz CT molecular complexity index is 1480. The summed E-state index contributed by atoms with van der Waals surface area (Å²) in [5.74, 6) is -0.290. The van der Waals surface area contributed by atoms with Crippen LogP contribution in [0.2, 0.25) is 0 Å². The third-order valence-electron chi connectivity index (χ3n) is 5.67. The Hall–Kier alpha value is -2.89. The summed E-state index contributed by atoms with van der Waals surface area (Å²) in [5.41, 5.74) is 0.975. The van der Waals surface area contributed by atoms with Crippen molar-refractivity contribution in [2.24, 2.45) is 0 Å². The molecule has 196 valence electrons. The molecule has 0 saturated carbocycles. The first-order valence-electron chi connectivity index (χ1n) is 11.5. The number of halogens is 1. The van der Waals surface area contributed by atoms with E-state index < -0.39 is 38.0 Å². The number of aromatic nitrogens is 1. The second-order valence-corrected chi connectivity index (χ2v) is 13.2. The lowest BCUT2D eigenvalue weighted by molar-refractivity contribution is 0.0501. The minimum Gasteiger partial charge on any atom is -0.598 e. The van der Waals surface area contributed by atoms with Crippen molar-refractivity contribution in [1.29, 1.82) is 0 Å². The summed E-state index contributed by atoms with van der Waals surface area (Å²) in [6.45, 7) is 5.25. The number of methoxy groups -OCH3 is 1. The summed E-state index contributed by atoms with van der Waals surface area (Å²) in [5, 5.41) is 0.654. The highest BCUT2D eigenvalue weighted by Gasteiger charge is 2.36. The van der Waals surface area contributed by atoms with Crippen LogP contribution in [0.5, 0.6) is 5.75 Å². The Morgan fingerprint density at radius 3 is 2.38 bits per heavy atom. The van der Waals surface area contributed by atoms with Gasteiger partial charge in [0.25, 0.3) is 10.0 Å². The largest absolute Gasteiger partial charge is 0.598 e. The Labute approximate surface area is 219 Å². The van der Waals surface area contributed by atoms with E-state index in [2.05, 4.69) is 4.72 Å². The third-order valence-corrected chi connectivity index (χ3v) is 8.99. The molecule has 0 fully saturated rings. The van der Waals surface area contributed by atoms with Crippen molar-refractivity contribution in [1.82, 2.24) is 8.69 Å². The highest BCUT2D eigenvalue weighted by molar-refractivity contribution is 7.91. The van der Waals surface area contributed by atoms with E-state index in [0.717, 1.165) is 0 Å². The van der Waals surface area contributed by atoms with Crippen LogP contribution < -0.4 is 9.46 Å². The smallest absolute Gasteiger partial charge is 0.268 e. The molecule has 4 rings (SSSR count). The number of nitrogens with one attached hydrogen (secondary N) is 1. The monoisotopic (exact) mass is 544 g/mol. The van der Waals surface area contributed by atoms with Gasteiger partial charge in [-0.05, 0) is 63.2 Å². The van der Waals surface area contributed by atoms with Gasteiger partial charge in [0, 0.05) is 29.4 Å². The van der Waals surface area contributed by atoms with Crippen LogP contribution in [0.4, 0.5) is 4.39 Å². The number of hydrogen-bond donors (Lipinski definition) is 1. The zero-order chi connectivity index (χ0) is 26.8. The molecular formula is C27H29FN2O5S2. The van der Waals surface area contributed by atoms with Gasteiger partial charge in [-0.15, -0.1) is 4.72 Å². The fourth-order valence-electron chi connectivity index (χ4n) is 3.88. The number of rotatable bonds is 9. The number of nitrogens with zero attached hydrogens (tertiary/aromatic N) is 1. The number of benzene rings is 3. The predicted molar refractivity (Wildman–Crippen MR) is 143 cm³/mol. The molecule has 10 heteroatoms. The molecule has 0 aliphatic heterocycles. The third kappa shape index (κ3) is 5.68. The molecular weight excluding hydrogens is 515 g/mol. The van der Waals surface area contributed by atoms with Crippen LogP contribution in [0.25, 0.3) is 10.9 Å². The fraction of sp³-hybridized carbons (Fsp3) is 0.259. The normalized spacial score (nSPS) is 14.0. The second kappa shape index (κ2) is 10.8. The molecule has 2 atom stereocenters. The van der Waals surface area contributed by atoms with Gasteiger partial charge in [-0.2, -0.15) is 0 Å². The van der Waals surface area contributed by atoms with Crippen LogP contribution >= 0.6 is 0 Å². The lowest BCUT2D eigenvalue weighted by Gasteiger charge is -2.29. The van der Waals surface area contributed by atoms with Gasteiger partial charge in [-0.25, -0.2) is 16.8 Å². The lowest BCUT2D eigenvalue weighted by atomic mass is 10.0. The summed E-state index contributed by atoms with van der Waals surface area (Å²) in [6.07, 6.45) is 0. The van der Waals surface area contributed by atoms with Gasteiger partial charge in [-0.1, -0.05) is 36.4 Å². The molecule has 1 N–H and O–H groups in total. The predicted octanol–water partition coefficient (Wildman–Crippen LogP) is 5.14. The first-order valence-corrected chi connectivity index (χ1v) is 14.1. The van der Waals surface area contributed by atoms with Crippen molar-refractivity contribution < 1.29 is 26.8 Å². The van der Waals surface area contributed by atoms with Crippen LogP contribution in [-0.4, -0.2) is 35.6 Å². The van der Waals surface area contributed by atoms with E-state index in [4.69, 9.17) is 9.47 Å². The molecule has 0 aliphatic rings. The molecule has 7 nitrogen and oxygen atoms in total. The molecule has 0 radical (unpaired) electrons. The quantitative estimate of drug-likeness (QED) is 0.232. The van der Waals surface area contributed by atoms with E-state index in [1.54, 1.807) is 69.3 Å². The maximum atomic E-state index is 14.6. The first-order chi connectivity index (χ1) is 17.5. The van der Waals surface area contributed by atoms with Gasteiger partial charge in [0.1, 0.15) is 22.4 Å². The van der Waals surface area contributed by atoms with Gasteiger partial charge >= 0.3 is 0 Å². The van der Waals surface area contributed by atoms with Crippen molar-refractivity contribution in [2.75, 3.05) is 13.9 Å². The highest BCUT2D eigenvalue weighted by atomic mass is 32.2. The Morgan fingerprint density at radius 2 is 1.70 bits per heavy atom. The topological polar surface area (TPSA) is 92.6 Å². The number of hydrogen-bond acceptors (Lipinski definition) is 6. The standard InChI is InChI=1S/C27H29FN2O5S2/c1-27(2,3)36(31)29-26(22-17-20(28)14-15-25(22)35-18-34-4)24-16-19-10-8-9-13-23(19)30(24)37(32,33)21-11-6-5-7-12-21/h5-17,26,29H,18H2,1-4H3/t26-,36?/m1/s1. The van der Waals surface area contributed by atoms with E-state index in [0.29, 0.717) is 10.9 Å². The van der Waals surface area contributed by atoms with Crippen LogP contribution in [0.15, 0.2) is 83.8 Å². The van der Waals surface area contributed by atoms with Crippen LogP contribution in [0.1, 0.15) is 38.1 Å². The van der Waals surface area contributed by atoms with E-state index in [9.17, 15) is 17.4 Å². The molecule has 1 heterocycles. The van der Waals surface area contributed by atoms with E-state index in [1.165, 1.54) is 41.4 Å². The molecule has 0 amide bonds. The molecule has 0 saturated heterocycles. The number of para-hydroxylation sites is 1. The molecule has 3 aromatic carbocycles. The van der Waals surface area contributed by atoms with Gasteiger partial charge in [0.05, 0.1) is 16.1 Å². The second-order valence-electron chi connectivity index (χ2n) is 9.38. The van der Waals surface area contributed by atoms with E-state index >= 15 is 0 Å². The molecule has 0 aliphatic carbocycles. The van der Waals surface area contributed by atoms with Crippen molar-refractivity contribution >= 4 is 32.3 Å². The Kier molecular flexibility index (Phi) is 7.96. The molecule has 37 heavy (non-hydrogen) atoms. The van der Waals surface area contributed by atoms with Crippen molar-refractivity contribution in [2.45, 2.75) is 36.5 Å².